The summed E-state index contributed by atoms with van der Waals surface area (Å²) in [5.41, 5.74) is 0.631. The van der Waals surface area contributed by atoms with Crippen molar-refractivity contribution in [3.8, 4) is 0 Å². The van der Waals surface area contributed by atoms with Crippen LogP contribution in [0.2, 0.25) is 0 Å². The summed E-state index contributed by atoms with van der Waals surface area (Å²) in [7, 11) is -3.26. The summed E-state index contributed by atoms with van der Waals surface area (Å²) >= 11 is 0. The molecule has 1 rings (SSSR count). The van der Waals surface area contributed by atoms with E-state index in [1.807, 2.05) is 4.83 Å². The Morgan fingerprint density at radius 3 is 3.00 bits per heavy atom. The van der Waals surface area contributed by atoms with Crippen molar-refractivity contribution in [2.75, 3.05) is 6.26 Å². The number of rotatable bonds is 3. The van der Waals surface area contributed by atoms with Crippen LogP contribution in [0.4, 0.5) is 0 Å². The molecule has 0 aliphatic carbocycles. The molecule has 12 heavy (non-hydrogen) atoms. The molecule has 7 heteroatoms. The monoisotopic (exact) mass is 188 g/mol. The molecule has 0 saturated heterocycles. The second-order valence-corrected chi connectivity index (χ2v) is 3.86. The van der Waals surface area contributed by atoms with Crippen LogP contribution in [0.15, 0.2) is 17.4 Å². The van der Waals surface area contributed by atoms with E-state index >= 15 is 0 Å². The first kappa shape index (κ1) is 8.72. The predicted molar refractivity (Wildman–Crippen MR) is 44.2 cm³/mol. The molecule has 0 bridgehead atoms. The lowest BCUT2D eigenvalue weighted by Crippen LogP contribution is -2.15. The second-order valence-electron chi connectivity index (χ2n) is 2.13. The Morgan fingerprint density at radius 1 is 1.75 bits per heavy atom. The fourth-order valence-electron chi connectivity index (χ4n) is 0.530. The van der Waals surface area contributed by atoms with Crippen molar-refractivity contribution >= 4 is 16.2 Å². The number of nitrogens with zero attached hydrogens (tertiary/aromatic N) is 2. The van der Waals surface area contributed by atoms with Crippen LogP contribution in [0.25, 0.3) is 0 Å². The third kappa shape index (κ3) is 3.15. The minimum atomic E-state index is -3.26. The van der Waals surface area contributed by atoms with E-state index in [0.29, 0.717) is 5.69 Å². The quantitative estimate of drug-likeness (QED) is 0.485. The molecule has 0 aliphatic rings. The number of H-pyrrole nitrogens is 1. The molecule has 0 aromatic carbocycles. The molecule has 0 saturated carbocycles. The Hall–Kier alpha value is -1.37. The van der Waals surface area contributed by atoms with E-state index in [1.54, 1.807) is 12.3 Å². The largest absolute Gasteiger partial charge is 0.277 e. The van der Waals surface area contributed by atoms with E-state index in [9.17, 15) is 8.42 Å². The molecule has 1 heterocycles. The molecular weight excluding hydrogens is 180 g/mol. The number of hydrogen-bond donors (Lipinski definition) is 2. The number of nitrogens with one attached hydrogen (secondary N) is 2. The zero-order valence-electron chi connectivity index (χ0n) is 6.35. The topological polar surface area (TPSA) is 87.2 Å². The van der Waals surface area contributed by atoms with Crippen LogP contribution in [0.1, 0.15) is 5.69 Å². The van der Waals surface area contributed by atoms with Gasteiger partial charge >= 0.3 is 0 Å². The molecule has 6 nitrogen and oxygen atoms in total. The number of hydrazone groups is 1. The van der Waals surface area contributed by atoms with Gasteiger partial charge < -0.3 is 0 Å². The van der Waals surface area contributed by atoms with Crippen LogP contribution in [0, 0.1) is 0 Å². The molecule has 0 atom stereocenters. The first-order valence-electron chi connectivity index (χ1n) is 3.07. The average molecular weight is 188 g/mol. The molecule has 1 aromatic rings. The average Bonchev–Trinajstić information content (AvgIpc) is 2.36. The lowest BCUT2D eigenvalue weighted by molar-refractivity contribution is 0.591. The summed E-state index contributed by atoms with van der Waals surface area (Å²) in [5.74, 6) is 0. The van der Waals surface area contributed by atoms with Gasteiger partial charge in [-0.3, -0.25) is 5.10 Å². The lowest BCUT2D eigenvalue weighted by atomic mass is 10.5. The Balaban J connectivity index is 2.54. The number of sulfonamides is 1. The highest BCUT2D eigenvalue weighted by atomic mass is 32.2. The van der Waals surface area contributed by atoms with Gasteiger partial charge in [0.1, 0.15) is 0 Å². The highest BCUT2D eigenvalue weighted by molar-refractivity contribution is 7.88. The smallest absolute Gasteiger partial charge is 0.244 e. The number of hydrogen-bond acceptors (Lipinski definition) is 4. The summed E-state index contributed by atoms with van der Waals surface area (Å²) in [6.45, 7) is 0. The van der Waals surface area contributed by atoms with Gasteiger partial charge in [0, 0.05) is 6.20 Å². The molecule has 1 aromatic heterocycles. The molecular formula is C5H8N4O2S. The van der Waals surface area contributed by atoms with E-state index in [0.717, 1.165) is 6.26 Å². The van der Waals surface area contributed by atoms with Crippen LogP contribution in [-0.4, -0.2) is 31.1 Å². The van der Waals surface area contributed by atoms with Gasteiger partial charge in [-0.25, -0.2) is 13.2 Å². The van der Waals surface area contributed by atoms with Gasteiger partial charge in [-0.1, -0.05) is 0 Å². The standard InChI is InChI=1S/C5H8N4O2S/c1-12(10,11)9-7-4-5-2-3-6-8-5/h2-4,9H,1H3,(H,6,8)/b7-4+. The Bertz CT molecular complexity index is 353. The van der Waals surface area contributed by atoms with Gasteiger partial charge in [0.25, 0.3) is 0 Å². The highest BCUT2D eigenvalue weighted by Gasteiger charge is 1.94. The predicted octanol–water partition coefficient (Wildman–Crippen LogP) is -0.707. The SMILES string of the molecule is CS(=O)(=O)N/N=C/c1ccn[nH]1. The zero-order valence-corrected chi connectivity index (χ0v) is 7.17. The maximum absolute atomic E-state index is 10.5. The van der Waals surface area contributed by atoms with Crippen LogP contribution >= 0.6 is 0 Å². The van der Waals surface area contributed by atoms with Gasteiger partial charge in [-0.2, -0.15) is 10.2 Å². The van der Waals surface area contributed by atoms with Crippen molar-refractivity contribution in [2.45, 2.75) is 0 Å². The second kappa shape index (κ2) is 3.35. The van der Waals surface area contributed by atoms with E-state index in [4.69, 9.17) is 0 Å². The summed E-state index contributed by atoms with van der Waals surface area (Å²) in [5, 5.41) is 9.68. The third-order valence-electron chi connectivity index (χ3n) is 0.944. The van der Waals surface area contributed by atoms with E-state index in [-0.39, 0.29) is 0 Å². The maximum Gasteiger partial charge on any atom is 0.244 e. The minimum Gasteiger partial charge on any atom is -0.277 e. The molecule has 0 amide bonds. The molecule has 0 unspecified atom stereocenters. The Morgan fingerprint density at radius 2 is 2.50 bits per heavy atom. The van der Waals surface area contributed by atoms with Crippen molar-refractivity contribution in [1.82, 2.24) is 15.0 Å². The van der Waals surface area contributed by atoms with Gasteiger partial charge in [0.2, 0.25) is 10.0 Å². The molecule has 0 fully saturated rings. The Labute approximate surface area is 69.7 Å². The fourth-order valence-corrected chi connectivity index (χ4v) is 0.774. The van der Waals surface area contributed by atoms with Gasteiger partial charge in [0.15, 0.2) is 0 Å². The molecule has 66 valence electrons. The van der Waals surface area contributed by atoms with Crippen LogP contribution in [0.3, 0.4) is 0 Å². The lowest BCUT2D eigenvalue weighted by Gasteiger charge is -1.92. The highest BCUT2D eigenvalue weighted by Crippen LogP contribution is 1.84. The fraction of sp³-hybridized carbons (Fsp3) is 0.200. The van der Waals surface area contributed by atoms with Gasteiger partial charge in [-0.05, 0) is 6.07 Å². The molecule has 2 N–H and O–H groups in total. The molecule has 0 radical (unpaired) electrons. The first-order valence-corrected chi connectivity index (χ1v) is 4.96. The summed E-state index contributed by atoms with van der Waals surface area (Å²) in [4.78, 5) is 1.95. The van der Waals surface area contributed by atoms with Crippen molar-refractivity contribution in [3.05, 3.63) is 18.0 Å². The van der Waals surface area contributed by atoms with E-state index in [2.05, 4.69) is 15.3 Å². The summed E-state index contributed by atoms with van der Waals surface area (Å²) in [6.07, 6.45) is 3.90. The van der Waals surface area contributed by atoms with Crippen molar-refractivity contribution in [2.24, 2.45) is 5.10 Å². The summed E-state index contributed by atoms with van der Waals surface area (Å²) in [6, 6.07) is 1.66. The van der Waals surface area contributed by atoms with Crippen LogP contribution < -0.4 is 4.83 Å². The number of aromatic amines is 1. The van der Waals surface area contributed by atoms with Crippen molar-refractivity contribution in [3.63, 3.8) is 0 Å². The minimum absolute atomic E-state index is 0.631. The first-order chi connectivity index (χ1) is 5.58. The van der Waals surface area contributed by atoms with Gasteiger partial charge in [-0.15, -0.1) is 0 Å². The maximum atomic E-state index is 10.5. The van der Waals surface area contributed by atoms with Gasteiger partial charge in [0.05, 0.1) is 18.2 Å². The Kier molecular flexibility index (Phi) is 2.44. The number of aromatic nitrogens is 2. The van der Waals surface area contributed by atoms with Crippen molar-refractivity contribution < 1.29 is 8.42 Å². The molecule has 0 aliphatic heterocycles. The van der Waals surface area contributed by atoms with E-state index < -0.39 is 10.0 Å². The van der Waals surface area contributed by atoms with Crippen LogP contribution in [-0.2, 0) is 10.0 Å². The summed E-state index contributed by atoms with van der Waals surface area (Å²) < 4.78 is 21.0. The molecule has 0 spiro atoms. The van der Waals surface area contributed by atoms with E-state index in [1.165, 1.54) is 6.21 Å². The zero-order chi connectivity index (χ0) is 9.03. The van der Waals surface area contributed by atoms with Crippen molar-refractivity contribution in [1.29, 1.82) is 0 Å². The third-order valence-corrected chi connectivity index (χ3v) is 1.38. The normalized spacial score (nSPS) is 12.1. The van der Waals surface area contributed by atoms with Crippen LogP contribution in [0.5, 0.6) is 0 Å².